The van der Waals surface area contributed by atoms with Crippen molar-refractivity contribution in [2.45, 2.75) is 34.1 Å². The Balaban J connectivity index is 1.87. The molecule has 5 rings (SSSR count). The zero-order valence-electron chi connectivity index (χ0n) is 18.0. The van der Waals surface area contributed by atoms with Gasteiger partial charge in [0.2, 0.25) is 0 Å². The highest BCUT2D eigenvalue weighted by molar-refractivity contribution is 7.25. The molecule has 0 fully saturated rings. The van der Waals surface area contributed by atoms with Crippen LogP contribution in [0, 0.1) is 20.8 Å². The first kappa shape index (κ1) is 19.1. The van der Waals surface area contributed by atoms with E-state index in [9.17, 15) is 0 Å². The third kappa shape index (κ3) is 2.88. The lowest BCUT2D eigenvalue weighted by molar-refractivity contribution is 1.14. The van der Waals surface area contributed by atoms with Gasteiger partial charge in [-0.15, -0.1) is 11.3 Å². The van der Waals surface area contributed by atoms with Crippen molar-refractivity contribution in [2.75, 3.05) is 0 Å². The predicted molar refractivity (Wildman–Crippen MR) is 134 cm³/mol. The van der Waals surface area contributed by atoms with E-state index in [0.29, 0.717) is 0 Å². The number of thiophene rings is 1. The van der Waals surface area contributed by atoms with Gasteiger partial charge in [-0.05, 0) is 83.8 Å². The second kappa shape index (κ2) is 7.41. The molecule has 0 nitrogen and oxygen atoms in total. The fourth-order valence-corrected chi connectivity index (χ4v) is 5.99. The Labute approximate surface area is 182 Å². The molecule has 4 aromatic carbocycles. The van der Waals surface area contributed by atoms with Crippen molar-refractivity contribution in [3.63, 3.8) is 0 Å². The molecular formula is C29H26S. The van der Waals surface area contributed by atoms with Crippen LogP contribution in [0.3, 0.4) is 0 Å². The van der Waals surface area contributed by atoms with Crippen LogP contribution in [-0.4, -0.2) is 0 Å². The molecule has 0 saturated heterocycles. The smallest absolute Gasteiger partial charge is 0.0361 e. The van der Waals surface area contributed by atoms with Gasteiger partial charge in [-0.3, -0.25) is 0 Å². The maximum absolute atomic E-state index is 2.33. The van der Waals surface area contributed by atoms with Crippen molar-refractivity contribution < 1.29 is 0 Å². The van der Waals surface area contributed by atoms with Gasteiger partial charge in [0.05, 0.1) is 0 Å². The van der Waals surface area contributed by atoms with E-state index in [-0.39, 0.29) is 0 Å². The van der Waals surface area contributed by atoms with E-state index >= 15 is 0 Å². The van der Waals surface area contributed by atoms with Crippen molar-refractivity contribution in [1.29, 1.82) is 0 Å². The highest BCUT2D eigenvalue weighted by Gasteiger charge is 2.18. The second-order valence-electron chi connectivity index (χ2n) is 8.17. The van der Waals surface area contributed by atoms with E-state index in [2.05, 4.69) is 100 Å². The van der Waals surface area contributed by atoms with Crippen LogP contribution in [0.5, 0.6) is 0 Å². The number of rotatable bonds is 3. The lowest BCUT2D eigenvalue weighted by Gasteiger charge is -2.19. The monoisotopic (exact) mass is 406 g/mol. The first-order chi connectivity index (χ1) is 14.6. The third-order valence-corrected chi connectivity index (χ3v) is 7.50. The molecule has 30 heavy (non-hydrogen) atoms. The first-order valence-corrected chi connectivity index (χ1v) is 11.5. The minimum atomic E-state index is 1.04. The zero-order valence-corrected chi connectivity index (χ0v) is 18.9. The molecule has 0 aliphatic heterocycles. The summed E-state index contributed by atoms with van der Waals surface area (Å²) in [5.41, 5.74) is 11.0. The molecule has 0 aliphatic rings. The SMILES string of the molecule is CCc1ccccc1-c1c(C)ccc(-c2c(C)ccc3sc4ccccc4c23)c1C. The van der Waals surface area contributed by atoms with Crippen molar-refractivity contribution in [3.05, 3.63) is 95.1 Å². The van der Waals surface area contributed by atoms with Crippen molar-refractivity contribution in [2.24, 2.45) is 0 Å². The van der Waals surface area contributed by atoms with Gasteiger partial charge >= 0.3 is 0 Å². The maximum Gasteiger partial charge on any atom is 0.0361 e. The van der Waals surface area contributed by atoms with Crippen LogP contribution in [0.1, 0.15) is 29.2 Å². The van der Waals surface area contributed by atoms with E-state index in [1.807, 2.05) is 11.3 Å². The standard InChI is InChI=1S/C29H26S/c1-5-21-10-6-7-11-23(21)27-18(2)14-16-22(20(27)4)28-19(3)15-17-26-29(28)24-12-8-9-13-25(24)30-26/h6-17H,5H2,1-4H3. The van der Waals surface area contributed by atoms with Gasteiger partial charge in [0.1, 0.15) is 0 Å². The van der Waals surface area contributed by atoms with E-state index in [4.69, 9.17) is 0 Å². The molecule has 5 aromatic rings. The van der Waals surface area contributed by atoms with Gasteiger partial charge in [0.25, 0.3) is 0 Å². The topological polar surface area (TPSA) is 0 Å². The van der Waals surface area contributed by atoms with E-state index in [1.165, 1.54) is 64.7 Å². The molecule has 1 heteroatoms. The summed E-state index contributed by atoms with van der Waals surface area (Å²) in [6.07, 6.45) is 1.04. The Bertz CT molecular complexity index is 1400. The highest BCUT2D eigenvalue weighted by atomic mass is 32.1. The molecule has 0 saturated carbocycles. The van der Waals surface area contributed by atoms with Crippen LogP contribution >= 0.6 is 11.3 Å². The van der Waals surface area contributed by atoms with E-state index in [1.54, 1.807) is 0 Å². The van der Waals surface area contributed by atoms with E-state index in [0.717, 1.165) is 6.42 Å². The number of benzene rings is 4. The summed E-state index contributed by atoms with van der Waals surface area (Å²) in [4.78, 5) is 0. The third-order valence-electron chi connectivity index (χ3n) is 6.36. The Hall–Kier alpha value is -2.90. The molecule has 0 N–H and O–H groups in total. The summed E-state index contributed by atoms with van der Waals surface area (Å²) < 4.78 is 2.73. The largest absolute Gasteiger partial charge is 0.135 e. The number of fused-ring (bicyclic) bond motifs is 3. The average molecular weight is 407 g/mol. The Morgan fingerprint density at radius 3 is 2.17 bits per heavy atom. The van der Waals surface area contributed by atoms with Crippen molar-refractivity contribution >= 4 is 31.5 Å². The maximum atomic E-state index is 2.33. The Morgan fingerprint density at radius 2 is 1.33 bits per heavy atom. The van der Waals surface area contributed by atoms with E-state index < -0.39 is 0 Å². The summed E-state index contributed by atoms with van der Waals surface area (Å²) in [7, 11) is 0. The molecular weight excluding hydrogens is 380 g/mol. The Kier molecular flexibility index (Phi) is 4.72. The van der Waals surface area contributed by atoms with Crippen LogP contribution < -0.4 is 0 Å². The lowest BCUT2D eigenvalue weighted by Crippen LogP contribution is -1.97. The van der Waals surface area contributed by atoms with Gasteiger partial charge in [0.15, 0.2) is 0 Å². The molecule has 0 unspecified atom stereocenters. The fourth-order valence-electron chi connectivity index (χ4n) is 4.87. The quantitative estimate of drug-likeness (QED) is 0.281. The lowest BCUT2D eigenvalue weighted by atomic mass is 9.85. The highest BCUT2D eigenvalue weighted by Crippen LogP contribution is 2.44. The molecule has 0 bridgehead atoms. The fraction of sp³-hybridized carbons (Fsp3) is 0.172. The minimum absolute atomic E-state index is 1.04. The Morgan fingerprint density at radius 1 is 0.633 bits per heavy atom. The molecule has 148 valence electrons. The van der Waals surface area contributed by atoms with Crippen LogP contribution in [0.25, 0.3) is 42.4 Å². The summed E-state index contributed by atoms with van der Waals surface area (Å²) in [6, 6.07) is 26.9. The van der Waals surface area contributed by atoms with Crippen LogP contribution in [0.15, 0.2) is 72.8 Å². The molecule has 0 atom stereocenters. The average Bonchev–Trinajstić information content (AvgIpc) is 3.14. The molecule has 0 amide bonds. The van der Waals surface area contributed by atoms with Gasteiger partial charge < -0.3 is 0 Å². The van der Waals surface area contributed by atoms with Gasteiger partial charge in [-0.2, -0.15) is 0 Å². The van der Waals surface area contributed by atoms with Crippen LogP contribution in [0.4, 0.5) is 0 Å². The van der Waals surface area contributed by atoms with Crippen molar-refractivity contribution in [3.8, 4) is 22.3 Å². The number of hydrogen-bond acceptors (Lipinski definition) is 1. The zero-order chi connectivity index (χ0) is 20.8. The first-order valence-electron chi connectivity index (χ1n) is 10.7. The molecule has 0 aliphatic carbocycles. The summed E-state index contributed by atoms with van der Waals surface area (Å²) in [5.74, 6) is 0. The number of aryl methyl sites for hydroxylation is 3. The van der Waals surface area contributed by atoms with Crippen molar-refractivity contribution in [1.82, 2.24) is 0 Å². The van der Waals surface area contributed by atoms with Gasteiger partial charge in [0, 0.05) is 20.2 Å². The molecule has 0 spiro atoms. The summed E-state index contributed by atoms with van der Waals surface area (Å²) >= 11 is 1.89. The van der Waals surface area contributed by atoms with Crippen LogP contribution in [-0.2, 0) is 6.42 Å². The molecule has 1 heterocycles. The molecule has 1 aromatic heterocycles. The normalized spacial score (nSPS) is 11.5. The van der Waals surface area contributed by atoms with Gasteiger partial charge in [-0.25, -0.2) is 0 Å². The minimum Gasteiger partial charge on any atom is -0.135 e. The van der Waals surface area contributed by atoms with Crippen LogP contribution in [0.2, 0.25) is 0 Å². The predicted octanol–water partition coefficient (Wildman–Crippen LogP) is 8.88. The summed E-state index contributed by atoms with van der Waals surface area (Å²) in [6.45, 7) is 9.04. The van der Waals surface area contributed by atoms with Gasteiger partial charge in [-0.1, -0.05) is 67.6 Å². The molecule has 0 radical (unpaired) electrons. The number of hydrogen-bond donors (Lipinski definition) is 0. The summed E-state index contributed by atoms with van der Waals surface area (Å²) in [5, 5.41) is 2.77. The second-order valence-corrected chi connectivity index (χ2v) is 9.25.